The minimum atomic E-state index is 0.668. The molecule has 3 nitrogen and oxygen atoms in total. The Kier molecular flexibility index (Phi) is 9.18. The molecule has 0 amide bonds. The highest BCUT2D eigenvalue weighted by Gasteiger charge is 2.25. The van der Waals surface area contributed by atoms with Crippen LogP contribution in [0.1, 0.15) is 0 Å². The maximum atomic E-state index is 5.33. The van der Waals surface area contributed by atoms with E-state index in [1.165, 1.54) is 33.0 Å². The Labute approximate surface area is 355 Å². The minimum Gasteiger partial charge on any atom is -0.308 e. The summed E-state index contributed by atoms with van der Waals surface area (Å²) in [7, 11) is 0. The predicted molar refractivity (Wildman–Crippen MR) is 254 cm³/mol. The molecule has 11 rings (SSSR count). The lowest BCUT2D eigenvalue weighted by Crippen LogP contribution is -2.03. The third-order valence-corrected chi connectivity index (χ3v) is 11.6. The van der Waals surface area contributed by atoms with E-state index in [2.05, 4.69) is 229 Å². The number of fused-ring (bicyclic) bond motifs is 3. The molecule has 0 aliphatic carbocycles. The standard InChI is InChI=1S/C58H39N3/c1-7-21-40(22-8-1)47-33-19-35-53-55(47)56-48(41-23-9-2-10-24-41)34-20-36-54(56)61(53)57-49(42-25-11-3-12-26-42)37-46(38-50(57)43-27-13-4-14-28-43)58-59-51(44-29-15-5-16-30-44)39-52(60-58)45-31-17-6-18-32-45/h1-39H. The van der Waals surface area contributed by atoms with Crippen molar-refractivity contribution in [2.24, 2.45) is 0 Å². The van der Waals surface area contributed by atoms with Crippen LogP contribution in [0.15, 0.2) is 237 Å². The summed E-state index contributed by atoms with van der Waals surface area (Å²) >= 11 is 0. The number of hydrogen-bond acceptors (Lipinski definition) is 2. The van der Waals surface area contributed by atoms with Gasteiger partial charge in [0.2, 0.25) is 0 Å². The monoisotopic (exact) mass is 777 g/mol. The van der Waals surface area contributed by atoms with Gasteiger partial charge in [-0.05, 0) is 63.7 Å². The van der Waals surface area contributed by atoms with Gasteiger partial charge < -0.3 is 4.57 Å². The van der Waals surface area contributed by atoms with Crippen molar-refractivity contribution in [2.45, 2.75) is 0 Å². The van der Waals surface area contributed by atoms with Crippen molar-refractivity contribution in [3.05, 3.63) is 237 Å². The van der Waals surface area contributed by atoms with Crippen LogP contribution in [0.4, 0.5) is 0 Å². The van der Waals surface area contributed by atoms with Gasteiger partial charge in [-0.15, -0.1) is 0 Å². The Hall–Kier alpha value is -8.14. The molecule has 0 fully saturated rings. The van der Waals surface area contributed by atoms with Crippen LogP contribution in [0.2, 0.25) is 0 Å². The zero-order chi connectivity index (χ0) is 40.5. The van der Waals surface area contributed by atoms with Gasteiger partial charge >= 0.3 is 0 Å². The van der Waals surface area contributed by atoms with E-state index in [0.717, 1.165) is 67.1 Å². The Balaban J connectivity index is 1.28. The normalized spacial score (nSPS) is 11.3. The smallest absolute Gasteiger partial charge is 0.160 e. The quantitative estimate of drug-likeness (QED) is 0.154. The molecule has 2 heterocycles. The van der Waals surface area contributed by atoms with Gasteiger partial charge in [-0.25, -0.2) is 9.97 Å². The first-order chi connectivity index (χ1) is 30.3. The molecule has 0 saturated carbocycles. The number of benzene rings is 9. The maximum Gasteiger partial charge on any atom is 0.160 e. The predicted octanol–water partition coefficient (Wildman–Crippen LogP) is 15.2. The van der Waals surface area contributed by atoms with E-state index in [-0.39, 0.29) is 0 Å². The van der Waals surface area contributed by atoms with Gasteiger partial charge in [0.25, 0.3) is 0 Å². The highest BCUT2D eigenvalue weighted by atomic mass is 15.0. The Bertz CT molecular complexity index is 3090. The van der Waals surface area contributed by atoms with Gasteiger partial charge in [0.1, 0.15) is 0 Å². The first-order valence-electron chi connectivity index (χ1n) is 20.7. The van der Waals surface area contributed by atoms with Gasteiger partial charge in [-0.1, -0.05) is 206 Å². The molecule has 0 radical (unpaired) electrons. The number of nitrogens with zero attached hydrogens (tertiary/aromatic N) is 3. The molecule has 61 heavy (non-hydrogen) atoms. The van der Waals surface area contributed by atoms with Crippen LogP contribution in [0.5, 0.6) is 0 Å². The highest BCUT2D eigenvalue weighted by molar-refractivity contribution is 6.21. The van der Waals surface area contributed by atoms with E-state index in [4.69, 9.17) is 9.97 Å². The topological polar surface area (TPSA) is 30.7 Å². The van der Waals surface area contributed by atoms with E-state index >= 15 is 0 Å². The minimum absolute atomic E-state index is 0.668. The van der Waals surface area contributed by atoms with Crippen molar-refractivity contribution < 1.29 is 0 Å². The second kappa shape index (κ2) is 15.6. The van der Waals surface area contributed by atoms with E-state index < -0.39 is 0 Å². The highest BCUT2D eigenvalue weighted by Crippen LogP contribution is 2.47. The number of rotatable bonds is 8. The van der Waals surface area contributed by atoms with E-state index in [0.29, 0.717) is 5.82 Å². The van der Waals surface area contributed by atoms with Crippen LogP contribution in [0.3, 0.4) is 0 Å². The first-order valence-corrected chi connectivity index (χ1v) is 20.7. The lowest BCUT2D eigenvalue weighted by Gasteiger charge is -2.21. The molecule has 0 unspecified atom stereocenters. The van der Waals surface area contributed by atoms with Crippen LogP contribution >= 0.6 is 0 Å². The van der Waals surface area contributed by atoms with Gasteiger partial charge in [0.15, 0.2) is 5.82 Å². The summed E-state index contributed by atoms with van der Waals surface area (Å²) in [4.78, 5) is 10.7. The molecule has 2 aromatic heterocycles. The average Bonchev–Trinajstić information content (AvgIpc) is 3.69. The zero-order valence-corrected chi connectivity index (χ0v) is 33.4. The van der Waals surface area contributed by atoms with Crippen molar-refractivity contribution in [1.82, 2.24) is 14.5 Å². The van der Waals surface area contributed by atoms with Crippen LogP contribution in [-0.2, 0) is 0 Å². The van der Waals surface area contributed by atoms with Crippen molar-refractivity contribution in [1.29, 1.82) is 0 Å². The van der Waals surface area contributed by atoms with Crippen molar-refractivity contribution in [2.75, 3.05) is 0 Å². The molecule has 3 heteroatoms. The Morgan fingerprint density at radius 1 is 0.262 bits per heavy atom. The largest absolute Gasteiger partial charge is 0.308 e. The molecule has 9 aromatic carbocycles. The van der Waals surface area contributed by atoms with Crippen molar-refractivity contribution in [3.8, 4) is 84.1 Å². The molecule has 11 aromatic rings. The molecule has 286 valence electrons. The molecule has 0 N–H and O–H groups in total. The van der Waals surface area contributed by atoms with Crippen LogP contribution in [0.25, 0.3) is 106 Å². The Morgan fingerprint density at radius 2 is 0.590 bits per heavy atom. The number of aromatic nitrogens is 3. The van der Waals surface area contributed by atoms with Crippen LogP contribution in [0, 0.1) is 0 Å². The zero-order valence-electron chi connectivity index (χ0n) is 33.4. The first kappa shape index (κ1) is 36.0. The summed E-state index contributed by atoms with van der Waals surface area (Å²) in [6, 6.07) is 84.1. The van der Waals surface area contributed by atoms with Gasteiger partial charge in [-0.2, -0.15) is 0 Å². The fourth-order valence-electron chi connectivity index (χ4n) is 8.84. The molecule has 0 saturated heterocycles. The molecule has 0 aliphatic heterocycles. The lowest BCUT2D eigenvalue weighted by molar-refractivity contribution is 1.17. The van der Waals surface area contributed by atoms with E-state index in [1.807, 2.05) is 12.1 Å². The summed E-state index contributed by atoms with van der Waals surface area (Å²) in [5, 5.41) is 2.44. The molecule has 0 atom stereocenters. The van der Waals surface area contributed by atoms with Gasteiger partial charge in [-0.3, -0.25) is 0 Å². The SMILES string of the molecule is c1ccc(-c2cc(-c3ccccc3)nc(-c3cc(-c4ccccc4)c(-n4c5cccc(-c6ccccc6)c5c5c(-c6ccccc6)cccc54)c(-c4ccccc4)c3)n2)cc1. The fourth-order valence-corrected chi connectivity index (χ4v) is 8.84. The van der Waals surface area contributed by atoms with Gasteiger partial charge in [0.05, 0.1) is 28.1 Å². The molecule has 0 bridgehead atoms. The van der Waals surface area contributed by atoms with Crippen LogP contribution < -0.4 is 0 Å². The molecular weight excluding hydrogens is 739 g/mol. The summed E-state index contributed by atoms with van der Waals surface area (Å²) in [5.74, 6) is 0.668. The van der Waals surface area contributed by atoms with Crippen molar-refractivity contribution >= 4 is 21.8 Å². The average molecular weight is 778 g/mol. The maximum absolute atomic E-state index is 5.33. The van der Waals surface area contributed by atoms with Gasteiger partial charge in [0, 0.05) is 38.6 Å². The second-order valence-corrected chi connectivity index (χ2v) is 15.3. The third kappa shape index (κ3) is 6.59. The van der Waals surface area contributed by atoms with E-state index in [9.17, 15) is 0 Å². The summed E-state index contributed by atoms with van der Waals surface area (Å²) < 4.78 is 2.51. The molecule has 0 spiro atoms. The van der Waals surface area contributed by atoms with E-state index in [1.54, 1.807) is 0 Å². The second-order valence-electron chi connectivity index (χ2n) is 15.3. The fraction of sp³-hybridized carbons (Fsp3) is 0. The summed E-state index contributed by atoms with van der Waals surface area (Å²) in [6.07, 6.45) is 0. The molecular formula is C58H39N3. The molecule has 0 aliphatic rings. The summed E-state index contributed by atoms with van der Waals surface area (Å²) in [5.41, 5.74) is 17.3. The number of hydrogen-bond donors (Lipinski definition) is 0. The summed E-state index contributed by atoms with van der Waals surface area (Å²) in [6.45, 7) is 0. The van der Waals surface area contributed by atoms with Crippen LogP contribution in [-0.4, -0.2) is 14.5 Å². The lowest BCUT2D eigenvalue weighted by atomic mass is 9.92. The van der Waals surface area contributed by atoms with Crippen molar-refractivity contribution in [3.63, 3.8) is 0 Å². The third-order valence-electron chi connectivity index (χ3n) is 11.6. The Morgan fingerprint density at radius 3 is 0.951 bits per heavy atom.